The molecule has 1 aromatic heterocycles. The normalized spacial score (nSPS) is 16.5. The average molecular weight is 349 g/mol. The lowest BCUT2D eigenvalue weighted by Gasteiger charge is -2.28. The van der Waals surface area contributed by atoms with Gasteiger partial charge in [0.15, 0.2) is 5.82 Å². The van der Waals surface area contributed by atoms with E-state index in [1.54, 1.807) is 13.2 Å². The summed E-state index contributed by atoms with van der Waals surface area (Å²) in [6, 6.07) is 7.49. The molecule has 3 rings (SSSR count). The first-order chi connectivity index (χ1) is 11.7. The Morgan fingerprint density at radius 1 is 1.33 bits per heavy atom. The van der Waals surface area contributed by atoms with Crippen LogP contribution in [0.5, 0.6) is 0 Å². The molecular formula is C18H24FN3OS. The van der Waals surface area contributed by atoms with Gasteiger partial charge in [0.1, 0.15) is 11.9 Å². The second kappa shape index (κ2) is 8.03. The fourth-order valence-corrected chi connectivity index (χ4v) is 4.05. The van der Waals surface area contributed by atoms with Gasteiger partial charge in [-0.1, -0.05) is 31.0 Å². The van der Waals surface area contributed by atoms with Gasteiger partial charge in [-0.25, -0.2) is 9.37 Å². The van der Waals surface area contributed by atoms with Crippen LogP contribution in [0.15, 0.2) is 24.3 Å². The topological polar surface area (TPSA) is 38.2 Å². The minimum atomic E-state index is -0.130. The van der Waals surface area contributed by atoms with Gasteiger partial charge in [0, 0.05) is 31.2 Å². The first-order valence-electron chi connectivity index (χ1n) is 8.55. The van der Waals surface area contributed by atoms with E-state index in [0.717, 1.165) is 23.1 Å². The zero-order valence-electron chi connectivity index (χ0n) is 14.2. The summed E-state index contributed by atoms with van der Waals surface area (Å²) in [6.07, 6.45) is 5.42. The Balaban J connectivity index is 1.76. The van der Waals surface area contributed by atoms with E-state index < -0.39 is 0 Å². The summed E-state index contributed by atoms with van der Waals surface area (Å²) in [5.74, 6) is 0.598. The summed E-state index contributed by atoms with van der Waals surface area (Å²) in [7, 11) is 1.66. The number of halogens is 1. The molecular weight excluding hydrogens is 325 g/mol. The number of ether oxygens (including phenoxy) is 1. The van der Waals surface area contributed by atoms with Crippen molar-refractivity contribution in [1.29, 1.82) is 0 Å². The molecule has 1 fully saturated rings. The number of anilines is 1. The van der Waals surface area contributed by atoms with Crippen LogP contribution in [0.2, 0.25) is 0 Å². The third-order valence-electron chi connectivity index (χ3n) is 4.74. The second-order valence-electron chi connectivity index (χ2n) is 6.29. The predicted molar refractivity (Wildman–Crippen MR) is 95.0 cm³/mol. The molecule has 1 heterocycles. The van der Waals surface area contributed by atoms with Crippen LogP contribution < -0.4 is 4.90 Å². The molecule has 0 spiro atoms. The molecule has 1 aliphatic carbocycles. The largest absolute Gasteiger partial charge is 0.374 e. The van der Waals surface area contributed by atoms with Gasteiger partial charge in [-0.15, -0.1) is 0 Å². The van der Waals surface area contributed by atoms with Gasteiger partial charge in [-0.2, -0.15) is 4.37 Å². The fourth-order valence-electron chi connectivity index (χ4n) is 3.21. The van der Waals surface area contributed by atoms with Crippen molar-refractivity contribution >= 4 is 16.7 Å². The van der Waals surface area contributed by atoms with E-state index in [9.17, 15) is 4.39 Å². The summed E-state index contributed by atoms with van der Waals surface area (Å²) < 4.78 is 23.7. The number of hydrogen-bond acceptors (Lipinski definition) is 5. The Bertz CT molecular complexity index is 657. The highest BCUT2D eigenvalue weighted by Crippen LogP contribution is 2.30. The van der Waals surface area contributed by atoms with Crippen LogP contribution in [-0.4, -0.2) is 29.1 Å². The maximum Gasteiger partial charge on any atom is 0.205 e. The molecule has 0 N–H and O–H groups in total. The lowest BCUT2D eigenvalue weighted by molar-refractivity contribution is 0.113. The number of methoxy groups -OCH3 is 1. The molecule has 0 radical (unpaired) electrons. The molecule has 2 aromatic rings. The zero-order chi connectivity index (χ0) is 16.9. The zero-order valence-corrected chi connectivity index (χ0v) is 15.1. The monoisotopic (exact) mass is 349 g/mol. The van der Waals surface area contributed by atoms with Crippen LogP contribution in [0.1, 0.15) is 50.1 Å². The molecule has 130 valence electrons. The molecule has 0 saturated heterocycles. The summed E-state index contributed by atoms with van der Waals surface area (Å²) >= 11 is 1.42. The summed E-state index contributed by atoms with van der Waals surface area (Å²) in [4.78, 5) is 7.00. The smallest absolute Gasteiger partial charge is 0.205 e. The van der Waals surface area contributed by atoms with Crippen LogP contribution in [0, 0.1) is 5.82 Å². The average Bonchev–Trinajstić information content (AvgIpc) is 3.28. The summed E-state index contributed by atoms with van der Waals surface area (Å²) in [5, 5.41) is 0.928. The molecule has 0 amide bonds. The van der Waals surface area contributed by atoms with E-state index in [-0.39, 0.29) is 11.9 Å². The Labute approximate surface area is 146 Å². The molecule has 0 bridgehead atoms. The van der Waals surface area contributed by atoms with Gasteiger partial charge < -0.3 is 9.64 Å². The van der Waals surface area contributed by atoms with Crippen molar-refractivity contribution in [3.63, 3.8) is 0 Å². The van der Waals surface area contributed by atoms with Crippen molar-refractivity contribution in [3.8, 4) is 0 Å². The van der Waals surface area contributed by atoms with Crippen molar-refractivity contribution in [3.05, 3.63) is 41.5 Å². The second-order valence-corrected chi connectivity index (χ2v) is 7.02. The first kappa shape index (κ1) is 17.3. The van der Waals surface area contributed by atoms with E-state index >= 15 is 0 Å². The van der Waals surface area contributed by atoms with Gasteiger partial charge >= 0.3 is 0 Å². The van der Waals surface area contributed by atoms with Crippen molar-refractivity contribution in [2.45, 2.75) is 51.2 Å². The van der Waals surface area contributed by atoms with E-state index in [1.165, 1.54) is 43.3 Å². The molecule has 1 aromatic carbocycles. The van der Waals surface area contributed by atoms with Crippen molar-refractivity contribution in [1.82, 2.24) is 9.36 Å². The van der Waals surface area contributed by atoms with Crippen molar-refractivity contribution in [2.75, 3.05) is 18.6 Å². The number of nitrogens with zero attached hydrogens (tertiary/aromatic N) is 3. The Kier molecular flexibility index (Phi) is 5.79. The Morgan fingerprint density at radius 3 is 2.79 bits per heavy atom. The third-order valence-corrected chi connectivity index (χ3v) is 5.51. The number of hydrogen-bond donors (Lipinski definition) is 0. The first-order valence-corrected chi connectivity index (χ1v) is 9.33. The van der Waals surface area contributed by atoms with E-state index in [1.807, 2.05) is 19.1 Å². The van der Waals surface area contributed by atoms with Gasteiger partial charge in [0.2, 0.25) is 5.13 Å². The minimum Gasteiger partial charge on any atom is -0.374 e. The molecule has 24 heavy (non-hydrogen) atoms. The third kappa shape index (κ3) is 3.92. The molecule has 1 unspecified atom stereocenters. The molecule has 4 nitrogen and oxygen atoms in total. The number of rotatable bonds is 7. The Morgan fingerprint density at radius 2 is 2.08 bits per heavy atom. The SMILES string of the molecule is COC(C)c1nsc(N(CCc2ccccc2F)C2CCCC2)n1. The molecule has 6 heteroatoms. The summed E-state index contributed by atoms with van der Waals surface area (Å²) in [6.45, 7) is 2.71. The summed E-state index contributed by atoms with van der Waals surface area (Å²) in [5.41, 5.74) is 0.760. The standard InChI is InChI=1S/C18H24FN3OS/c1-13(23-2)17-20-18(24-21-17)22(15-8-4-5-9-15)12-11-14-7-3-6-10-16(14)19/h3,6-7,10,13,15H,4-5,8-9,11-12H2,1-2H3. The predicted octanol–water partition coefficient (Wildman–Crippen LogP) is 4.38. The number of benzene rings is 1. The number of aromatic nitrogens is 2. The molecule has 0 aliphatic heterocycles. The van der Waals surface area contributed by atoms with E-state index in [2.05, 4.69) is 14.3 Å². The van der Waals surface area contributed by atoms with Gasteiger partial charge in [-0.3, -0.25) is 0 Å². The maximum atomic E-state index is 13.9. The maximum absolute atomic E-state index is 13.9. The van der Waals surface area contributed by atoms with Gasteiger partial charge in [0.25, 0.3) is 0 Å². The van der Waals surface area contributed by atoms with Crippen LogP contribution in [0.4, 0.5) is 9.52 Å². The molecule has 1 atom stereocenters. The highest BCUT2D eigenvalue weighted by Gasteiger charge is 2.26. The fraction of sp³-hybridized carbons (Fsp3) is 0.556. The minimum absolute atomic E-state index is 0.105. The van der Waals surface area contributed by atoms with Crippen molar-refractivity contribution in [2.24, 2.45) is 0 Å². The van der Waals surface area contributed by atoms with Crippen LogP contribution in [0.3, 0.4) is 0 Å². The van der Waals surface area contributed by atoms with Crippen LogP contribution in [0.25, 0.3) is 0 Å². The van der Waals surface area contributed by atoms with Crippen molar-refractivity contribution < 1.29 is 9.13 Å². The molecule has 1 saturated carbocycles. The Hall–Kier alpha value is -1.53. The highest BCUT2D eigenvalue weighted by atomic mass is 32.1. The van der Waals surface area contributed by atoms with Crippen LogP contribution >= 0.6 is 11.5 Å². The quantitative estimate of drug-likeness (QED) is 0.744. The van der Waals surface area contributed by atoms with E-state index in [4.69, 9.17) is 4.74 Å². The lowest BCUT2D eigenvalue weighted by atomic mass is 10.1. The highest BCUT2D eigenvalue weighted by molar-refractivity contribution is 7.09. The lowest BCUT2D eigenvalue weighted by Crippen LogP contribution is -2.35. The molecule has 1 aliphatic rings. The van der Waals surface area contributed by atoms with Gasteiger partial charge in [-0.05, 0) is 37.8 Å². The van der Waals surface area contributed by atoms with E-state index in [0.29, 0.717) is 12.5 Å². The van der Waals surface area contributed by atoms with Gasteiger partial charge in [0.05, 0.1) is 0 Å². The van der Waals surface area contributed by atoms with Crippen LogP contribution in [-0.2, 0) is 11.2 Å².